The quantitative estimate of drug-likeness (QED) is 0.740. The highest BCUT2D eigenvalue weighted by Gasteiger charge is 2.27. The molecule has 0 aromatic heterocycles. The summed E-state index contributed by atoms with van der Waals surface area (Å²) in [6.07, 6.45) is 0. The largest absolute Gasteiger partial charge is 0.310 e. The second-order valence-electron chi connectivity index (χ2n) is 1.99. The third kappa shape index (κ3) is 9.32. The van der Waals surface area contributed by atoms with Gasteiger partial charge in [0.1, 0.15) is 0 Å². The van der Waals surface area contributed by atoms with E-state index in [2.05, 4.69) is 8.37 Å². The van der Waals surface area contributed by atoms with Gasteiger partial charge in [-0.05, 0) is 13.8 Å². The average Bonchev–Trinajstić information content (AvgIpc) is 1.49. The lowest BCUT2D eigenvalue weighted by Gasteiger charge is -2.16. The Kier molecular flexibility index (Phi) is 5.12. The Morgan fingerprint density at radius 2 is 1.25 bits per heavy atom. The molecule has 0 spiro atoms. The molecule has 0 atom stereocenters. The fourth-order valence-corrected chi connectivity index (χ4v) is 1.39. The fraction of sp³-hybridized carbons (Fsp3) is 1.00. The molecule has 0 bridgehead atoms. The molecule has 0 aromatic rings. The second-order valence-corrected chi connectivity index (χ2v) is 6.00. The summed E-state index contributed by atoms with van der Waals surface area (Å²) in [5.74, 6) is 0. The summed E-state index contributed by atoms with van der Waals surface area (Å²) >= 11 is 19.2. The maximum atomic E-state index is 10.8. The molecule has 12 heavy (non-hydrogen) atoms. The van der Waals surface area contributed by atoms with Crippen molar-refractivity contribution < 1.29 is 12.6 Å². The molecule has 0 amide bonds. The molecule has 3 nitrogen and oxygen atoms in total. The van der Waals surface area contributed by atoms with E-state index in [1.54, 1.807) is 0 Å². The van der Waals surface area contributed by atoms with Gasteiger partial charge < -0.3 is 0 Å². The second kappa shape index (κ2) is 4.64. The average molecular weight is 276 g/mol. The minimum absolute atomic E-state index is 1.27. The van der Waals surface area contributed by atoms with Crippen LogP contribution in [0.25, 0.3) is 0 Å². The molecule has 0 radical (unpaired) electrons. The van der Waals surface area contributed by atoms with Crippen LogP contribution in [0.15, 0.2) is 0 Å². The van der Waals surface area contributed by atoms with Crippen LogP contribution in [0.5, 0.6) is 0 Å². The predicted octanol–water partition coefficient (Wildman–Crippen LogP) is 2.90. The summed E-state index contributed by atoms with van der Waals surface area (Å²) in [4.78, 5) is 0. The molecule has 0 aromatic carbocycles. The lowest BCUT2D eigenvalue weighted by Crippen LogP contribution is -2.21. The van der Waals surface area contributed by atoms with Crippen LogP contribution in [-0.4, -0.2) is 13.2 Å². The van der Waals surface area contributed by atoms with E-state index in [9.17, 15) is 4.21 Å². The summed E-state index contributed by atoms with van der Waals surface area (Å²) in [7, 11) is 0. The molecule has 0 rings (SSSR count). The highest BCUT2D eigenvalue weighted by molar-refractivity contribution is 7.75. The van der Waals surface area contributed by atoms with Crippen molar-refractivity contribution in [1.82, 2.24) is 0 Å². The Bertz CT molecular complexity index is 154. The number of rotatable bonds is 4. The van der Waals surface area contributed by atoms with Crippen LogP contribution in [0.2, 0.25) is 0 Å². The monoisotopic (exact) mass is 274 g/mol. The highest BCUT2D eigenvalue weighted by Crippen LogP contribution is 2.27. The Morgan fingerprint density at radius 1 is 1.00 bits per heavy atom. The fourth-order valence-electron chi connectivity index (χ4n) is 0.256. The third-order valence-electron chi connectivity index (χ3n) is 0.429. The third-order valence-corrected chi connectivity index (χ3v) is 2.04. The van der Waals surface area contributed by atoms with Crippen molar-refractivity contribution in [3.8, 4) is 0 Å². The highest BCUT2D eigenvalue weighted by atomic mass is 35.5. The number of hydrogen-bond donors (Lipinski definition) is 0. The summed E-state index contributed by atoms with van der Waals surface area (Å²) in [5, 5.41) is 0. The molecule has 0 N–H and O–H groups in total. The first kappa shape index (κ1) is 13.2. The molecule has 0 aliphatic heterocycles. The summed E-state index contributed by atoms with van der Waals surface area (Å²) < 4.78 is 16.4. The van der Waals surface area contributed by atoms with Crippen molar-refractivity contribution >= 4 is 57.8 Å². The molecule has 74 valence electrons. The van der Waals surface area contributed by atoms with Gasteiger partial charge in [-0.1, -0.05) is 46.4 Å². The van der Waals surface area contributed by atoms with Crippen LogP contribution in [0, 0.1) is 0 Å². The SMILES string of the molecule is CC(Cl)(Cl)OS(=O)OC(C)(Cl)Cl. The van der Waals surface area contributed by atoms with Crippen molar-refractivity contribution in [1.29, 1.82) is 0 Å². The Hall–Kier alpha value is 1.23. The van der Waals surface area contributed by atoms with Gasteiger partial charge in [-0.25, -0.2) is 8.37 Å². The van der Waals surface area contributed by atoms with E-state index in [-0.39, 0.29) is 0 Å². The normalized spacial score (nSPS) is 13.9. The van der Waals surface area contributed by atoms with E-state index < -0.39 is 20.4 Å². The molecule has 0 saturated carbocycles. The molecule has 8 heteroatoms. The summed E-state index contributed by atoms with van der Waals surface area (Å²) in [5.41, 5.74) is 0. The topological polar surface area (TPSA) is 35.5 Å². The minimum atomic E-state index is -2.19. The lowest BCUT2D eigenvalue weighted by molar-refractivity contribution is 0.198. The van der Waals surface area contributed by atoms with Gasteiger partial charge in [0.25, 0.3) is 0 Å². The van der Waals surface area contributed by atoms with Gasteiger partial charge in [-0.15, -0.1) is 0 Å². The van der Waals surface area contributed by atoms with Crippen molar-refractivity contribution in [2.75, 3.05) is 0 Å². The molecule has 0 heterocycles. The van der Waals surface area contributed by atoms with Gasteiger partial charge in [0, 0.05) is 0 Å². The van der Waals surface area contributed by atoms with Crippen LogP contribution in [0.1, 0.15) is 13.8 Å². The number of hydrogen-bond acceptors (Lipinski definition) is 3. The molecular weight excluding hydrogens is 270 g/mol. The zero-order valence-corrected chi connectivity index (χ0v) is 9.99. The van der Waals surface area contributed by atoms with Gasteiger partial charge >= 0.3 is 11.4 Å². The molecule has 0 unspecified atom stereocenters. The Labute approximate surface area is 93.1 Å². The van der Waals surface area contributed by atoms with Gasteiger partial charge in [-0.3, -0.25) is 0 Å². The number of alkyl halides is 4. The van der Waals surface area contributed by atoms with Crippen molar-refractivity contribution in [2.24, 2.45) is 0 Å². The zero-order chi connectivity index (χ0) is 9.99. The van der Waals surface area contributed by atoms with Gasteiger partial charge in [0.2, 0.25) is 9.04 Å². The molecule has 0 aliphatic rings. The summed E-state index contributed by atoms with van der Waals surface area (Å²) in [6.45, 7) is 2.55. The first-order chi connectivity index (χ1) is 5.10. The number of halogens is 4. The van der Waals surface area contributed by atoms with Crippen LogP contribution in [0.4, 0.5) is 0 Å². The van der Waals surface area contributed by atoms with Crippen LogP contribution < -0.4 is 0 Å². The van der Waals surface area contributed by atoms with Crippen LogP contribution >= 0.6 is 46.4 Å². The van der Waals surface area contributed by atoms with Gasteiger partial charge in [-0.2, -0.15) is 4.21 Å². The Morgan fingerprint density at radius 3 is 1.42 bits per heavy atom. The first-order valence-electron chi connectivity index (χ1n) is 2.66. The molecular formula is C4H6Cl4O3S. The van der Waals surface area contributed by atoms with E-state index in [0.717, 1.165) is 0 Å². The predicted molar refractivity (Wildman–Crippen MR) is 50.5 cm³/mol. The van der Waals surface area contributed by atoms with Crippen LogP contribution in [0.3, 0.4) is 0 Å². The molecule has 0 fully saturated rings. The minimum Gasteiger partial charge on any atom is -0.230 e. The van der Waals surface area contributed by atoms with Gasteiger partial charge in [0.05, 0.1) is 0 Å². The van der Waals surface area contributed by atoms with Crippen molar-refractivity contribution in [2.45, 2.75) is 22.9 Å². The van der Waals surface area contributed by atoms with Crippen molar-refractivity contribution in [3.63, 3.8) is 0 Å². The van der Waals surface area contributed by atoms with E-state index in [4.69, 9.17) is 46.4 Å². The van der Waals surface area contributed by atoms with Crippen LogP contribution in [-0.2, 0) is 19.7 Å². The van der Waals surface area contributed by atoms with E-state index in [1.807, 2.05) is 0 Å². The van der Waals surface area contributed by atoms with E-state index in [1.165, 1.54) is 13.8 Å². The lowest BCUT2D eigenvalue weighted by atomic mass is 10.9. The standard InChI is InChI=1S/C4H6Cl4O3S/c1-3(5,6)10-12(9)11-4(2,7)8/h1-2H3. The van der Waals surface area contributed by atoms with E-state index in [0.29, 0.717) is 0 Å². The zero-order valence-electron chi connectivity index (χ0n) is 6.14. The van der Waals surface area contributed by atoms with Crippen molar-refractivity contribution in [3.05, 3.63) is 0 Å². The van der Waals surface area contributed by atoms with E-state index >= 15 is 0 Å². The van der Waals surface area contributed by atoms with Gasteiger partial charge in [0.15, 0.2) is 0 Å². The molecule has 0 aliphatic carbocycles. The Balaban J connectivity index is 3.92. The maximum Gasteiger partial charge on any atom is 0.310 e. The smallest absolute Gasteiger partial charge is 0.230 e. The molecule has 0 saturated heterocycles. The first-order valence-corrected chi connectivity index (χ1v) is 5.18. The maximum absolute atomic E-state index is 10.8. The summed E-state index contributed by atoms with van der Waals surface area (Å²) in [6, 6.07) is 0.